The molecule has 42 heavy (non-hydrogen) atoms. The Morgan fingerprint density at radius 2 is 1.90 bits per heavy atom. The highest BCUT2D eigenvalue weighted by atomic mass is 16.6. The third kappa shape index (κ3) is 5.44. The lowest BCUT2D eigenvalue weighted by Gasteiger charge is -2.43. The number of carbonyl (C=O) groups excluding carboxylic acids is 3. The summed E-state index contributed by atoms with van der Waals surface area (Å²) in [6, 6.07) is 7.92. The summed E-state index contributed by atoms with van der Waals surface area (Å²) in [6.45, 7) is 17.5. The molecule has 3 aliphatic rings. The molecule has 3 fully saturated rings. The van der Waals surface area contributed by atoms with Crippen molar-refractivity contribution in [2.75, 3.05) is 19.8 Å². The number of ether oxygens (including phenoxy) is 2. The highest BCUT2D eigenvalue weighted by Crippen LogP contribution is 2.65. The summed E-state index contributed by atoms with van der Waals surface area (Å²) in [5.41, 5.74) is -1.81. The second-order valence-electron chi connectivity index (χ2n) is 13.3. The topological polar surface area (TPSA) is 96.4 Å². The van der Waals surface area contributed by atoms with E-state index in [0.29, 0.717) is 19.3 Å². The molecule has 1 aromatic rings. The highest BCUT2D eigenvalue weighted by molar-refractivity contribution is 5.99. The van der Waals surface area contributed by atoms with Crippen LogP contribution >= 0.6 is 0 Å². The molecule has 3 heterocycles. The smallest absolute Gasteiger partial charge is 0.312 e. The van der Waals surface area contributed by atoms with E-state index in [4.69, 9.17) is 9.47 Å². The summed E-state index contributed by atoms with van der Waals surface area (Å²) < 4.78 is 12.6. The first-order chi connectivity index (χ1) is 19.9. The maximum Gasteiger partial charge on any atom is 0.312 e. The van der Waals surface area contributed by atoms with Crippen molar-refractivity contribution in [3.8, 4) is 0 Å². The van der Waals surface area contributed by atoms with Gasteiger partial charge in [-0.3, -0.25) is 14.4 Å². The molecule has 3 aliphatic heterocycles. The number of aliphatic hydroxyl groups is 1. The fraction of sp³-hybridized carbons (Fsp3) is 0.618. The van der Waals surface area contributed by atoms with Crippen molar-refractivity contribution in [3.63, 3.8) is 0 Å². The van der Waals surface area contributed by atoms with Crippen LogP contribution in [-0.4, -0.2) is 81.3 Å². The first kappa shape index (κ1) is 32.0. The van der Waals surface area contributed by atoms with Crippen LogP contribution in [0.4, 0.5) is 0 Å². The summed E-state index contributed by atoms with van der Waals surface area (Å²) in [7, 11) is 0. The standard InChI is InChI=1S/C34H48N2O6/c1-8-10-11-15-19-41-31(40)27-26-29(38)36(25(22-37)20-24-16-13-12-14-17-24)28(30(39)35(18-9-2)32(4,5)6)34(26)21-23(3)33(27,7)42-34/h8-9,12-14,16-17,23,25-28,37H,1-2,10-11,15,18-22H2,3-7H3/t23?,25-,26+,27-,28?,33+,34?/m1/s1. The average Bonchev–Trinajstić information content (AvgIpc) is 3.46. The fourth-order valence-electron chi connectivity index (χ4n) is 7.47. The van der Waals surface area contributed by atoms with Crippen molar-refractivity contribution in [2.24, 2.45) is 17.8 Å². The lowest BCUT2D eigenvalue weighted by atomic mass is 9.62. The van der Waals surface area contributed by atoms with Gasteiger partial charge in [-0.1, -0.05) is 49.4 Å². The van der Waals surface area contributed by atoms with Crippen LogP contribution in [-0.2, 0) is 30.3 Å². The van der Waals surface area contributed by atoms with Gasteiger partial charge in [-0.15, -0.1) is 13.2 Å². The molecule has 230 valence electrons. The van der Waals surface area contributed by atoms with Gasteiger partial charge in [-0.05, 0) is 71.3 Å². The Bertz CT molecular complexity index is 1180. The number of fused-ring (bicyclic) bond motifs is 1. The summed E-state index contributed by atoms with van der Waals surface area (Å²) in [6.07, 6.45) is 6.70. The second kappa shape index (κ2) is 12.3. The van der Waals surface area contributed by atoms with E-state index in [2.05, 4.69) is 13.2 Å². The Balaban J connectivity index is 1.79. The molecule has 1 N–H and O–H groups in total. The first-order valence-electron chi connectivity index (χ1n) is 15.2. The highest BCUT2D eigenvalue weighted by Gasteiger charge is 2.81. The molecule has 2 amide bonds. The summed E-state index contributed by atoms with van der Waals surface area (Å²) in [4.78, 5) is 46.3. The van der Waals surface area contributed by atoms with Crippen molar-refractivity contribution in [2.45, 2.75) is 95.5 Å². The molecule has 8 nitrogen and oxygen atoms in total. The molecule has 2 bridgehead atoms. The zero-order valence-corrected chi connectivity index (χ0v) is 25.9. The minimum absolute atomic E-state index is 0.0979. The SMILES string of the molecule is C=CCCCCOC(=O)[C@H]1[C@H]2C(=O)N([C@@H](CO)Cc3ccccc3)C(C(=O)N(CC=C)C(C)(C)C)C23CC(C)[C@]1(C)O3. The van der Waals surface area contributed by atoms with Gasteiger partial charge in [-0.2, -0.15) is 0 Å². The van der Waals surface area contributed by atoms with Crippen molar-refractivity contribution in [1.82, 2.24) is 9.80 Å². The van der Waals surface area contributed by atoms with Crippen LogP contribution in [0.25, 0.3) is 0 Å². The van der Waals surface area contributed by atoms with E-state index in [0.717, 1.165) is 18.4 Å². The summed E-state index contributed by atoms with van der Waals surface area (Å²) in [5, 5.41) is 10.7. The number of allylic oxidation sites excluding steroid dienone is 1. The minimum atomic E-state index is -1.22. The summed E-state index contributed by atoms with van der Waals surface area (Å²) >= 11 is 0. The number of likely N-dealkylation sites (tertiary alicyclic amines) is 1. The maximum atomic E-state index is 14.7. The molecule has 1 aromatic carbocycles. The Hall–Kier alpha value is -2.97. The van der Waals surface area contributed by atoms with Gasteiger partial charge in [0, 0.05) is 12.1 Å². The normalized spacial score (nSPS) is 30.6. The van der Waals surface area contributed by atoms with Crippen LogP contribution in [0.5, 0.6) is 0 Å². The third-order valence-electron chi connectivity index (χ3n) is 9.59. The van der Waals surface area contributed by atoms with E-state index in [1.165, 1.54) is 0 Å². The lowest BCUT2D eigenvalue weighted by molar-refractivity contribution is -0.164. The number of amides is 2. The Kier molecular flexibility index (Phi) is 9.38. The number of rotatable bonds is 13. The van der Waals surface area contributed by atoms with Crippen LogP contribution in [0, 0.1) is 17.8 Å². The Morgan fingerprint density at radius 3 is 2.50 bits per heavy atom. The molecular weight excluding hydrogens is 532 g/mol. The minimum Gasteiger partial charge on any atom is -0.465 e. The molecule has 7 atom stereocenters. The lowest BCUT2D eigenvalue weighted by Crippen LogP contribution is -2.62. The number of aliphatic hydroxyl groups excluding tert-OH is 1. The van der Waals surface area contributed by atoms with Crippen molar-refractivity contribution in [1.29, 1.82) is 0 Å². The number of hydrogen-bond donors (Lipinski definition) is 1. The molecule has 0 saturated carbocycles. The van der Waals surface area contributed by atoms with E-state index < -0.39 is 46.6 Å². The molecule has 0 aliphatic carbocycles. The molecule has 0 aromatic heterocycles. The molecule has 3 unspecified atom stereocenters. The van der Waals surface area contributed by atoms with Crippen molar-refractivity contribution >= 4 is 17.8 Å². The largest absolute Gasteiger partial charge is 0.465 e. The fourth-order valence-corrected chi connectivity index (χ4v) is 7.47. The van der Waals surface area contributed by atoms with Crippen molar-refractivity contribution in [3.05, 3.63) is 61.2 Å². The Labute approximate surface area is 250 Å². The number of carbonyl (C=O) groups is 3. The van der Waals surface area contributed by atoms with E-state index in [1.54, 1.807) is 15.9 Å². The van der Waals surface area contributed by atoms with Gasteiger partial charge < -0.3 is 24.4 Å². The van der Waals surface area contributed by atoms with E-state index in [9.17, 15) is 19.5 Å². The molecular formula is C34H48N2O6. The zero-order chi connectivity index (χ0) is 30.9. The van der Waals surface area contributed by atoms with Gasteiger partial charge in [0.15, 0.2) is 0 Å². The quantitative estimate of drug-likeness (QED) is 0.212. The predicted octanol–water partition coefficient (Wildman–Crippen LogP) is 4.31. The van der Waals surface area contributed by atoms with Crippen LogP contribution in [0.3, 0.4) is 0 Å². The van der Waals surface area contributed by atoms with E-state index in [1.807, 2.05) is 71.0 Å². The van der Waals surface area contributed by atoms with Gasteiger partial charge in [0.2, 0.25) is 11.8 Å². The predicted molar refractivity (Wildman–Crippen MR) is 161 cm³/mol. The number of hydrogen-bond acceptors (Lipinski definition) is 6. The average molecular weight is 581 g/mol. The van der Waals surface area contributed by atoms with Crippen LogP contribution in [0.15, 0.2) is 55.6 Å². The molecule has 3 saturated heterocycles. The monoisotopic (exact) mass is 580 g/mol. The molecule has 0 radical (unpaired) electrons. The zero-order valence-electron chi connectivity index (χ0n) is 25.9. The van der Waals surface area contributed by atoms with Gasteiger partial charge in [0.1, 0.15) is 17.6 Å². The van der Waals surface area contributed by atoms with Crippen molar-refractivity contribution < 1.29 is 29.0 Å². The molecule has 1 spiro atoms. The van der Waals surface area contributed by atoms with Crippen LogP contribution in [0.1, 0.15) is 65.9 Å². The van der Waals surface area contributed by atoms with Gasteiger partial charge >= 0.3 is 5.97 Å². The third-order valence-corrected chi connectivity index (χ3v) is 9.59. The van der Waals surface area contributed by atoms with Crippen LogP contribution < -0.4 is 0 Å². The Morgan fingerprint density at radius 1 is 1.21 bits per heavy atom. The summed E-state index contributed by atoms with van der Waals surface area (Å²) in [5.74, 6) is -2.90. The van der Waals surface area contributed by atoms with Gasteiger partial charge in [0.25, 0.3) is 0 Å². The second-order valence-corrected chi connectivity index (χ2v) is 13.3. The molecule has 8 heteroatoms. The number of esters is 1. The first-order valence-corrected chi connectivity index (χ1v) is 15.2. The van der Waals surface area contributed by atoms with Gasteiger partial charge in [-0.25, -0.2) is 0 Å². The number of unbranched alkanes of at least 4 members (excludes halogenated alkanes) is 2. The maximum absolute atomic E-state index is 14.7. The van der Waals surface area contributed by atoms with E-state index >= 15 is 0 Å². The number of nitrogens with zero attached hydrogens (tertiary/aromatic N) is 2. The number of benzene rings is 1. The molecule has 4 rings (SSSR count). The van der Waals surface area contributed by atoms with E-state index in [-0.39, 0.29) is 37.5 Å². The van der Waals surface area contributed by atoms with Gasteiger partial charge in [0.05, 0.1) is 30.8 Å². The van der Waals surface area contributed by atoms with Crippen LogP contribution in [0.2, 0.25) is 0 Å².